The molecule has 1 atom stereocenters. The van der Waals surface area contributed by atoms with Crippen molar-refractivity contribution < 1.29 is 4.74 Å². The van der Waals surface area contributed by atoms with Crippen molar-refractivity contribution in [3.63, 3.8) is 0 Å². The number of hydrogen-bond acceptors (Lipinski definition) is 1. The smallest absolute Gasteiger partial charge is 0.127 e. The molecule has 3 rings (SSSR count). The Morgan fingerprint density at radius 1 is 0.950 bits per heavy atom. The van der Waals surface area contributed by atoms with Crippen LogP contribution in [0.15, 0.2) is 36.4 Å². The molecule has 20 heavy (non-hydrogen) atoms. The summed E-state index contributed by atoms with van der Waals surface area (Å²) in [6.45, 7) is 10.9. The van der Waals surface area contributed by atoms with Crippen molar-refractivity contribution in [1.29, 1.82) is 0 Å². The van der Waals surface area contributed by atoms with Gasteiger partial charge >= 0.3 is 0 Å². The maximum absolute atomic E-state index is 6.35. The third-order valence-corrected chi connectivity index (χ3v) is 4.52. The van der Waals surface area contributed by atoms with E-state index in [4.69, 9.17) is 4.74 Å². The number of rotatable bonds is 1. The molecule has 0 aromatic heterocycles. The third-order valence-electron chi connectivity index (χ3n) is 4.52. The summed E-state index contributed by atoms with van der Waals surface area (Å²) in [5.74, 6) is 1.40. The topological polar surface area (TPSA) is 9.23 Å². The lowest BCUT2D eigenvalue weighted by Gasteiger charge is -2.27. The number of fused-ring (bicyclic) bond motifs is 1. The predicted molar refractivity (Wildman–Crippen MR) is 83.6 cm³/mol. The minimum absolute atomic E-state index is 0.201. The van der Waals surface area contributed by atoms with Gasteiger partial charge in [-0.2, -0.15) is 0 Å². The average Bonchev–Trinajstić information content (AvgIpc) is 2.69. The minimum Gasteiger partial charge on any atom is -0.486 e. The number of ether oxygens (including phenoxy) is 1. The first-order chi connectivity index (χ1) is 9.42. The maximum atomic E-state index is 6.35. The summed E-state index contributed by atoms with van der Waals surface area (Å²) in [7, 11) is 0. The first-order valence-corrected chi connectivity index (χ1v) is 7.26. The highest BCUT2D eigenvalue weighted by Crippen LogP contribution is 2.51. The molecule has 1 unspecified atom stereocenters. The average molecular weight is 266 g/mol. The van der Waals surface area contributed by atoms with Crippen LogP contribution in [0.1, 0.15) is 47.6 Å². The van der Waals surface area contributed by atoms with E-state index in [0.29, 0.717) is 5.92 Å². The van der Waals surface area contributed by atoms with Crippen molar-refractivity contribution in [1.82, 2.24) is 0 Å². The van der Waals surface area contributed by atoms with Gasteiger partial charge in [0.15, 0.2) is 0 Å². The highest BCUT2D eigenvalue weighted by atomic mass is 16.5. The lowest BCUT2D eigenvalue weighted by Crippen LogP contribution is -2.31. The van der Waals surface area contributed by atoms with E-state index in [2.05, 4.69) is 71.0 Å². The van der Waals surface area contributed by atoms with Gasteiger partial charge in [-0.25, -0.2) is 0 Å². The van der Waals surface area contributed by atoms with Crippen molar-refractivity contribution in [3.05, 3.63) is 64.2 Å². The van der Waals surface area contributed by atoms with Gasteiger partial charge in [0.25, 0.3) is 0 Å². The fourth-order valence-electron chi connectivity index (χ4n) is 3.44. The molecule has 0 radical (unpaired) electrons. The fourth-order valence-corrected chi connectivity index (χ4v) is 3.44. The van der Waals surface area contributed by atoms with Crippen LogP contribution >= 0.6 is 0 Å². The summed E-state index contributed by atoms with van der Waals surface area (Å²) < 4.78 is 6.35. The third kappa shape index (κ3) is 1.84. The van der Waals surface area contributed by atoms with Gasteiger partial charge < -0.3 is 4.74 Å². The monoisotopic (exact) mass is 266 g/mol. The Labute approximate surface area is 121 Å². The van der Waals surface area contributed by atoms with E-state index in [1.165, 1.54) is 27.8 Å². The van der Waals surface area contributed by atoms with Crippen LogP contribution in [0.5, 0.6) is 5.75 Å². The largest absolute Gasteiger partial charge is 0.486 e. The molecule has 0 amide bonds. The van der Waals surface area contributed by atoms with E-state index in [1.54, 1.807) is 0 Å². The van der Waals surface area contributed by atoms with Crippen molar-refractivity contribution in [2.24, 2.45) is 0 Å². The van der Waals surface area contributed by atoms with Crippen LogP contribution in [0, 0.1) is 20.8 Å². The molecule has 104 valence electrons. The van der Waals surface area contributed by atoms with Gasteiger partial charge in [0.05, 0.1) is 5.92 Å². The molecule has 0 N–H and O–H groups in total. The molecule has 0 aliphatic carbocycles. The summed E-state index contributed by atoms with van der Waals surface area (Å²) in [6, 6.07) is 13.0. The zero-order chi connectivity index (χ0) is 14.5. The van der Waals surface area contributed by atoms with E-state index in [0.717, 1.165) is 5.75 Å². The van der Waals surface area contributed by atoms with Gasteiger partial charge in [-0.1, -0.05) is 36.4 Å². The first-order valence-electron chi connectivity index (χ1n) is 7.26. The Morgan fingerprint density at radius 3 is 2.25 bits per heavy atom. The van der Waals surface area contributed by atoms with Crippen LogP contribution < -0.4 is 4.74 Å². The van der Waals surface area contributed by atoms with Gasteiger partial charge in [-0.05, 0) is 56.9 Å². The van der Waals surface area contributed by atoms with Crippen molar-refractivity contribution >= 4 is 0 Å². The summed E-state index contributed by atoms with van der Waals surface area (Å²) in [5.41, 5.74) is 6.42. The first kappa shape index (κ1) is 13.2. The van der Waals surface area contributed by atoms with Crippen LogP contribution in [-0.4, -0.2) is 5.60 Å². The molecule has 2 aromatic carbocycles. The second kappa shape index (κ2) is 4.37. The summed E-state index contributed by atoms with van der Waals surface area (Å²) in [4.78, 5) is 0. The van der Waals surface area contributed by atoms with Crippen molar-refractivity contribution in [2.75, 3.05) is 0 Å². The van der Waals surface area contributed by atoms with Gasteiger partial charge in [0.2, 0.25) is 0 Å². The minimum atomic E-state index is -0.201. The second-order valence-electron chi connectivity index (χ2n) is 6.43. The van der Waals surface area contributed by atoms with Crippen molar-refractivity contribution in [3.8, 4) is 5.75 Å². The molecule has 1 heterocycles. The molecule has 1 aliphatic heterocycles. The zero-order valence-corrected chi connectivity index (χ0v) is 12.9. The summed E-state index contributed by atoms with van der Waals surface area (Å²) >= 11 is 0. The SMILES string of the molecule is Cc1cc(C)c2c(c1C)OC(C)(C)C2c1ccccc1. The molecule has 2 aromatic rings. The summed E-state index contributed by atoms with van der Waals surface area (Å²) in [6.07, 6.45) is 0. The highest BCUT2D eigenvalue weighted by Gasteiger charge is 2.43. The molecule has 1 aliphatic rings. The van der Waals surface area contributed by atoms with Crippen LogP contribution in [0.3, 0.4) is 0 Å². The Morgan fingerprint density at radius 2 is 1.60 bits per heavy atom. The Bertz CT molecular complexity index is 653. The van der Waals surface area contributed by atoms with Crippen molar-refractivity contribution in [2.45, 2.75) is 46.1 Å². The van der Waals surface area contributed by atoms with Crippen LogP contribution in [0.2, 0.25) is 0 Å². The standard InChI is InChI=1S/C19H22O/c1-12-11-13(2)16-17(15-9-7-6-8-10-15)19(4,5)20-18(16)14(12)3/h6-11,17H,1-5H3. The Hall–Kier alpha value is -1.76. The normalized spacial score (nSPS) is 19.6. The molecule has 0 bridgehead atoms. The molecule has 0 saturated carbocycles. The molecular weight excluding hydrogens is 244 g/mol. The van der Waals surface area contributed by atoms with Crippen LogP contribution in [-0.2, 0) is 0 Å². The van der Waals surface area contributed by atoms with Gasteiger partial charge in [-0.15, -0.1) is 0 Å². The van der Waals surface area contributed by atoms with E-state index in [1.807, 2.05) is 0 Å². The Balaban J connectivity index is 2.26. The zero-order valence-electron chi connectivity index (χ0n) is 12.9. The number of hydrogen-bond donors (Lipinski definition) is 0. The lowest BCUT2D eigenvalue weighted by atomic mass is 9.79. The van der Waals surface area contributed by atoms with Gasteiger partial charge in [0, 0.05) is 5.56 Å². The Kier molecular flexibility index (Phi) is 2.89. The van der Waals surface area contributed by atoms with E-state index in [-0.39, 0.29) is 5.60 Å². The molecule has 0 fully saturated rings. The number of aryl methyl sites for hydroxylation is 2. The van der Waals surface area contributed by atoms with E-state index < -0.39 is 0 Å². The summed E-state index contributed by atoms with van der Waals surface area (Å²) in [5, 5.41) is 0. The second-order valence-corrected chi connectivity index (χ2v) is 6.43. The lowest BCUT2D eigenvalue weighted by molar-refractivity contribution is 0.121. The van der Waals surface area contributed by atoms with Gasteiger partial charge in [0.1, 0.15) is 11.4 Å². The van der Waals surface area contributed by atoms with Gasteiger partial charge in [-0.3, -0.25) is 0 Å². The molecule has 1 nitrogen and oxygen atoms in total. The molecular formula is C19H22O. The number of benzene rings is 2. The van der Waals surface area contributed by atoms with Crippen LogP contribution in [0.25, 0.3) is 0 Å². The van der Waals surface area contributed by atoms with E-state index in [9.17, 15) is 0 Å². The maximum Gasteiger partial charge on any atom is 0.127 e. The predicted octanol–water partition coefficient (Wildman–Crippen LogP) is 4.91. The fraction of sp³-hybridized carbons (Fsp3) is 0.368. The molecule has 0 spiro atoms. The van der Waals surface area contributed by atoms with Crippen LogP contribution in [0.4, 0.5) is 0 Å². The molecule has 0 saturated heterocycles. The highest BCUT2D eigenvalue weighted by molar-refractivity contribution is 5.58. The quantitative estimate of drug-likeness (QED) is 0.712. The molecule has 1 heteroatoms. The van der Waals surface area contributed by atoms with E-state index >= 15 is 0 Å².